The van der Waals surface area contributed by atoms with Crippen LogP contribution in [0.4, 0.5) is 14.5 Å². The van der Waals surface area contributed by atoms with E-state index in [1.807, 2.05) is 0 Å². The van der Waals surface area contributed by atoms with Crippen molar-refractivity contribution in [2.45, 2.75) is 12.5 Å². The average Bonchev–Trinajstić information content (AvgIpc) is 2.85. The second-order valence-electron chi connectivity index (χ2n) is 4.29. The summed E-state index contributed by atoms with van der Waals surface area (Å²) >= 11 is 0. The van der Waals surface area contributed by atoms with Gasteiger partial charge < -0.3 is 15.4 Å². The van der Waals surface area contributed by atoms with Crippen molar-refractivity contribution in [3.8, 4) is 0 Å². The number of nitrogens with two attached hydrogens (primary N) is 1. The Hall–Kier alpha value is -1.69. The number of hydrogen-bond donors (Lipinski definition) is 1. The minimum Gasteiger partial charge on any atom is -0.398 e. The van der Waals surface area contributed by atoms with E-state index < -0.39 is 17.5 Å². The normalized spacial score (nSPS) is 18.9. The second-order valence-corrected chi connectivity index (χ2v) is 4.29. The molecule has 1 aromatic carbocycles. The van der Waals surface area contributed by atoms with Crippen LogP contribution in [0.15, 0.2) is 12.1 Å². The van der Waals surface area contributed by atoms with Crippen molar-refractivity contribution in [1.82, 2.24) is 4.90 Å². The molecule has 0 bridgehead atoms. The lowest BCUT2D eigenvalue weighted by Gasteiger charge is -2.23. The summed E-state index contributed by atoms with van der Waals surface area (Å²) in [7, 11) is 1.60. The summed E-state index contributed by atoms with van der Waals surface area (Å²) in [6.07, 6.45) is 0.728. The first kappa shape index (κ1) is 12.8. The Morgan fingerprint density at radius 1 is 1.44 bits per heavy atom. The van der Waals surface area contributed by atoms with Gasteiger partial charge in [-0.1, -0.05) is 0 Å². The van der Waals surface area contributed by atoms with Gasteiger partial charge in [0.25, 0.3) is 5.91 Å². The number of amides is 1. The fourth-order valence-corrected chi connectivity index (χ4v) is 1.93. The number of carbonyl (C=O) groups excluding carboxylic acids is 1. The molecule has 1 saturated heterocycles. The van der Waals surface area contributed by atoms with Crippen LogP contribution < -0.4 is 5.73 Å². The molecule has 2 rings (SSSR count). The summed E-state index contributed by atoms with van der Waals surface area (Å²) in [5, 5.41) is 0. The van der Waals surface area contributed by atoms with E-state index in [2.05, 4.69) is 0 Å². The van der Waals surface area contributed by atoms with Crippen LogP contribution in [0.2, 0.25) is 0 Å². The molecule has 98 valence electrons. The number of rotatable bonds is 2. The Morgan fingerprint density at radius 3 is 2.72 bits per heavy atom. The largest absolute Gasteiger partial charge is 0.398 e. The van der Waals surface area contributed by atoms with Crippen molar-refractivity contribution in [3.63, 3.8) is 0 Å². The molecule has 1 unspecified atom stereocenters. The summed E-state index contributed by atoms with van der Waals surface area (Å²) in [5.41, 5.74) is 5.45. The highest BCUT2D eigenvalue weighted by Gasteiger charge is 2.26. The van der Waals surface area contributed by atoms with E-state index in [0.717, 1.165) is 18.6 Å². The number of likely N-dealkylation sites (N-methyl/N-ethyl adjacent to an activating group) is 1. The first-order chi connectivity index (χ1) is 8.50. The van der Waals surface area contributed by atoms with Gasteiger partial charge in [-0.3, -0.25) is 4.79 Å². The van der Waals surface area contributed by atoms with Gasteiger partial charge in [0.05, 0.1) is 18.2 Å². The zero-order valence-corrected chi connectivity index (χ0v) is 9.95. The van der Waals surface area contributed by atoms with Gasteiger partial charge in [-0.15, -0.1) is 0 Å². The first-order valence-corrected chi connectivity index (χ1v) is 5.60. The zero-order valence-electron chi connectivity index (χ0n) is 9.95. The van der Waals surface area contributed by atoms with E-state index in [9.17, 15) is 13.6 Å². The van der Waals surface area contributed by atoms with Crippen molar-refractivity contribution in [2.75, 3.05) is 26.0 Å². The molecule has 0 spiro atoms. The minimum atomic E-state index is -1.08. The standard InChI is InChI=1S/C12H14F2N2O2/c1-16(7-2-3-18-6-7)12(17)8-4-9(13)10(14)5-11(8)15/h4-5,7H,2-3,6,15H2,1H3. The van der Waals surface area contributed by atoms with E-state index in [-0.39, 0.29) is 17.3 Å². The van der Waals surface area contributed by atoms with Crippen LogP contribution in [0.5, 0.6) is 0 Å². The van der Waals surface area contributed by atoms with Gasteiger partial charge >= 0.3 is 0 Å². The number of ether oxygens (including phenoxy) is 1. The fraction of sp³-hybridized carbons (Fsp3) is 0.417. The number of hydrogen-bond acceptors (Lipinski definition) is 3. The Labute approximate surface area is 103 Å². The highest BCUT2D eigenvalue weighted by Crippen LogP contribution is 2.21. The fourth-order valence-electron chi connectivity index (χ4n) is 1.93. The molecule has 1 aliphatic heterocycles. The minimum absolute atomic E-state index is 0.0247. The summed E-state index contributed by atoms with van der Waals surface area (Å²) in [5.74, 6) is -2.57. The monoisotopic (exact) mass is 256 g/mol. The number of benzene rings is 1. The number of halogens is 2. The predicted octanol–water partition coefficient (Wildman–Crippen LogP) is 1.41. The van der Waals surface area contributed by atoms with Crippen LogP contribution >= 0.6 is 0 Å². The highest BCUT2D eigenvalue weighted by molar-refractivity contribution is 5.99. The molecule has 4 nitrogen and oxygen atoms in total. The van der Waals surface area contributed by atoms with Gasteiger partial charge in [0.1, 0.15) is 0 Å². The molecule has 0 aromatic heterocycles. The molecule has 1 aromatic rings. The lowest BCUT2D eigenvalue weighted by atomic mass is 10.1. The van der Waals surface area contributed by atoms with Crippen molar-refractivity contribution < 1.29 is 18.3 Å². The third kappa shape index (κ3) is 2.28. The highest BCUT2D eigenvalue weighted by atomic mass is 19.2. The van der Waals surface area contributed by atoms with E-state index in [1.165, 1.54) is 4.90 Å². The summed E-state index contributed by atoms with van der Waals surface area (Å²) in [6, 6.07) is 1.60. The third-order valence-electron chi connectivity index (χ3n) is 3.10. The van der Waals surface area contributed by atoms with Gasteiger partial charge in [0.15, 0.2) is 11.6 Å². The second kappa shape index (κ2) is 4.89. The van der Waals surface area contributed by atoms with Crippen molar-refractivity contribution in [1.29, 1.82) is 0 Å². The summed E-state index contributed by atoms with van der Waals surface area (Å²) < 4.78 is 31.2. The van der Waals surface area contributed by atoms with Crippen LogP contribution in [0.3, 0.4) is 0 Å². The SMILES string of the molecule is CN(C(=O)c1cc(F)c(F)cc1N)C1CCOC1. The Bertz CT molecular complexity index is 473. The lowest BCUT2D eigenvalue weighted by molar-refractivity contribution is 0.0711. The number of anilines is 1. The number of nitrogens with zero attached hydrogens (tertiary/aromatic N) is 1. The molecule has 0 aliphatic carbocycles. The maximum absolute atomic E-state index is 13.1. The van der Waals surface area contributed by atoms with Crippen LogP contribution in [0, 0.1) is 11.6 Å². The molecular weight excluding hydrogens is 242 g/mol. The van der Waals surface area contributed by atoms with Crippen LogP contribution in [-0.4, -0.2) is 37.1 Å². The van der Waals surface area contributed by atoms with Crippen LogP contribution in [0.25, 0.3) is 0 Å². The van der Waals surface area contributed by atoms with Crippen molar-refractivity contribution >= 4 is 11.6 Å². The van der Waals surface area contributed by atoms with Gasteiger partial charge in [-0.05, 0) is 12.5 Å². The zero-order chi connectivity index (χ0) is 13.3. The van der Waals surface area contributed by atoms with E-state index >= 15 is 0 Å². The molecule has 1 heterocycles. The van der Waals surface area contributed by atoms with E-state index in [0.29, 0.717) is 13.2 Å². The third-order valence-corrected chi connectivity index (χ3v) is 3.10. The average molecular weight is 256 g/mol. The number of nitrogen functional groups attached to an aromatic ring is 1. The quantitative estimate of drug-likeness (QED) is 0.814. The van der Waals surface area contributed by atoms with Crippen molar-refractivity contribution in [2.24, 2.45) is 0 Å². The smallest absolute Gasteiger partial charge is 0.256 e. The van der Waals surface area contributed by atoms with Crippen LogP contribution in [-0.2, 0) is 4.74 Å². The maximum atomic E-state index is 13.1. The van der Waals surface area contributed by atoms with E-state index in [1.54, 1.807) is 7.05 Å². The van der Waals surface area contributed by atoms with Gasteiger partial charge in [-0.25, -0.2) is 8.78 Å². The summed E-state index contributed by atoms with van der Waals surface area (Å²) in [6.45, 7) is 1.04. The number of carbonyl (C=O) groups is 1. The Balaban J connectivity index is 2.25. The molecular formula is C12H14F2N2O2. The maximum Gasteiger partial charge on any atom is 0.256 e. The molecule has 1 amide bonds. The molecule has 1 aliphatic rings. The van der Waals surface area contributed by atoms with Gasteiger partial charge in [-0.2, -0.15) is 0 Å². The lowest BCUT2D eigenvalue weighted by Crippen LogP contribution is -2.37. The summed E-state index contributed by atoms with van der Waals surface area (Å²) in [4.78, 5) is 13.6. The van der Waals surface area contributed by atoms with Gasteiger partial charge in [0, 0.05) is 25.4 Å². The van der Waals surface area contributed by atoms with Crippen LogP contribution in [0.1, 0.15) is 16.8 Å². The Kier molecular flexibility index (Phi) is 3.47. The molecule has 0 radical (unpaired) electrons. The molecule has 1 atom stereocenters. The first-order valence-electron chi connectivity index (χ1n) is 5.60. The molecule has 1 fully saturated rings. The van der Waals surface area contributed by atoms with Gasteiger partial charge in [0.2, 0.25) is 0 Å². The topological polar surface area (TPSA) is 55.6 Å². The molecule has 2 N–H and O–H groups in total. The molecule has 18 heavy (non-hydrogen) atoms. The van der Waals surface area contributed by atoms with Crippen molar-refractivity contribution in [3.05, 3.63) is 29.3 Å². The predicted molar refractivity (Wildman–Crippen MR) is 62.1 cm³/mol. The molecule has 6 heteroatoms. The Morgan fingerprint density at radius 2 is 2.11 bits per heavy atom. The molecule has 0 saturated carbocycles. The van der Waals surface area contributed by atoms with E-state index in [4.69, 9.17) is 10.5 Å².